The highest BCUT2D eigenvalue weighted by Crippen LogP contribution is 2.38. The fraction of sp³-hybridized carbons (Fsp3) is 0.333. The minimum atomic E-state index is -4.98. The molecule has 35 heavy (non-hydrogen) atoms. The zero-order valence-corrected chi connectivity index (χ0v) is 18.2. The van der Waals surface area contributed by atoms with Gasteiger partial charge in [0.15, 0.2) is 0 Å². The Labute approximate surface area is 195 Å². The third-order valence-electron chi connectivity index (χ3n) is 5.24. The zero-order valence-electron chi connectivity index (χ0n) is 18.2. The SMILES string of the molecule is CN1CCCc2cc(N=Nc3nnc(C(F)(F)F)n3Cc3ccccc3)c(NOC(F)(F)F)cc21. The first-order valence-corrected chi connectivity index (χ1v) is 10.4. The minimum Gasteiger partial charge on any atom is -0.374 e. The molecule has 0 bridgehead atoms. The molecule has 2 aromatic carbocycles. The molecule has 0 fully saturated rings. The van der Waals surface area contributed by atoms with Crippen LogP contribution in [0.4, 0.5) is 49.4 Å². The smallest absolute Gasteiger partial charge is 0.374 e. The molecule has 0 amide bonds. The van der Waals surface area contributed by atoms with Gasteiger partial charge in [0.2, 0.25) is 5.82 Å². The lowest BCUT2D eigenvalue weighted by Crippen LogP contribution is -2.25. The number of alkyl halides is 6. The lowest BCUT2D eigenvalue weighted by Gasteiger charge is -2.28. The molecule has 8 nitrogen and oxygen atoms in total. The quantitative estimate of drug-likeness (QED) is 0.255. The fourth-order valence-electron chi connectivity index (χ4n) is 3.67. The first-order valence-electron chi connectivity index (χ1n) is 10.4. The van der Waals surface area contributed by atoms with Crippen molar-refractivity contribution in [2.24, 2.45) is 10.2 Å². The van der Waals surface area contributed by atoms with Crippen molar-refractivity contribution in [1.82, 2.24) is 14.8 Å². The summed E-state index contributed by atoms with van der Waals surface area (Å²) in [6.07, 6.45) is -8.33. The van der Waals surface area contributed by atoms with Crippen LogP contribution >= 0.6 is 0 Å². The molecule has 2 heterocycles. The van der Waals surface area contributed by atoms with Crippen LogP contribution in [0.5, 0.6) is 0 Å². The normalized spacial score (nSPS) is 14.4. The number of hydrogen-bond donors (Lipinski definition) is 1. The zero-order chi connectivity index (χ0) is 25.2. The Balaban J connectivity index is 1.72. The van der Waals surface area contributed by atoms with Crippen molar-refractivity contribution in [3.63, 3.8) is 0 Å². The van der Waals surface area contributed by atoms with E-state index >= 15 is 0 Å². The number of anilines is 2. The van der Waals surface area contributed by atoms with Crippen LogP contribution in [0.25, 0.3) is 0 Å². The van der Waals surface area contributed by atoms with Gasteiger partial charge in [-0.2, -0.15) is 18.0 Å². The highest BCUT2D eigenvalue weighted by molar-refractivity contribution is 5.74. The molecule has 0 unspecified atom stereocenters. The van der Waals surface area contributed by atoms with E-state index in [0.29, 0.717) is 24.2 Å². The second-order valence-electron chi connectivity index (χ2n) is 7.77. The van der Waals surface area contributed by atoms with Crippen LogP contribution in [-0.2, 0) is 24.0 Å². The standard InChI is InChI=1S/C21H19F6N7O/c1-33-9-5-8-14-10-15(16(11-17(14)33)32-35-21(25,26)27)28-30-19-31-29-18(20(22,23)24)34(19)12-13-6-3-2-4-7-13/h2-4,6-7,10-11,32H,5,8-9,12H2,1H3. The molecule has 0 saturated heterocycles. The number of halogens is 6. The van der Waals surface area contributed by atoms with Gasteiger partial charge in [0, 0.05) is 19.3 Å². The number of nitrogens with one attached hydrogen (secondary N) is 1. The van der Waals surface area contributed by atoms with Crippen molar-refractivity contribution < 1.29 is 31.2 Å². The van der Waals surface area contributed by atoms with Gasteiger partial charge in [-0.3, -0.25) is 10.0 Å². The Kier molecular flexibility index (Phi) is 6.65. The average molecular weight is 499 g/mol. The molecular weight excluding hydrogens is 480 g/mol. The number of hydrogen-bond acceptors (Lipinski definition) is 7. The van der Waals surface area contributed by atoms with Crippen molar-refractivity contribution in [2.45, 2.75) is 31.9 Å². The van der Waals surface area contributed by atoms with Gasteiger partial charge in [0.1, 0.15) is 5.69 Å². The molecule has 0 saturated carbocycles. The maximum Gasteiger partial charge on any atom is 0.543 e. The van der Waals surface area contributed by atoms with E-state index in [9.17, 15) is 26.3 Å². The Morgan fingerprint density at radius 1 is 1.03 bits per heavy atom. The predicted molar refractivity (Wildman–Crippen MR) is 114 cm³/mol. The molecular formula is C21H19F6N7O. The molecule has 14 heteroatoms. The third-order valence-corrected chi connectivity index (χ3v) is 5.24. The number of aromatic nitrogens is 3. The number of aryl methyl sites for hydroxylation is 1. The maximum atomic E-state index is 13.5. The molecule has 3 aromatic rings. The van der Waals surface area contributed by atoms with Gasteiger partial charge in [-0.1, -0.05) is 30.3 Å². The summed E-state index contributed by atoms with van der Waals surface area (Å²) in [4.78, 5) is 5.60. The topological polar surface area (TPSA) is 79.9 Å². The van der Waals surface area contributed by atoms with Gasteiger partial charge in [0.25, 0.3) is 5.95 Å². The summed E-state index contributed by atoms with van der Waals surface area (Å²) in [5, 5.41) is 14.4. The molecule has 1 aliphatic heterocycles. The summed E-state index contributed by atoms with van der Waals surface area (Å²) < 4.78 is 79.1. The number of azo groups is 1. The van der Waals surface area contributed by atoms with Crippen LogP contribution < -0.4 is 10.4 Å². The Morgan fingerprint density at radius 2 is 1.77 bits per heavy atom. The number of nitrogens with zero attached hydrogens (tertiary/aromatic N) is 6. The maximum absolute atomic E-state index is 13.5. The van der Waals surface area contributed by atoms with Crippen LogP contribution in [0.2, 0.25) is 0 Å². The van der Waals surface area contributed by atoms with Gasteiger partial charge in [0.05, 0.1) is 12.2 Å². The van der Waals surface area contributed by atoms with E-state index < -0.39 is 24.3 Å². The van der Waals surface area contributed by atoms with Crippen molar-refractivity contribution in [3.8, 4) is 0 Å². The Hall–Kier alpha value is -3.68. The van der Waals surface area contributed by atoms with E-state index in [-0.39, 0.29) is 17.9 Å². The highest BCUT2D eigenvalue weighted by atomic mass is 19.4. The van der Waals surface area contributed by atoms with Gasteiger partial charge >= 0.3 is 12.5 Å². The second-order valence-corrected chi connectivity index (χ2v) is 7.77. The lowest BCUT2D eigenvalue weighted by molar-refractivity contribution is -0.311. The number of fused-ring (bicyclic) bond motifs is 1. The van der Waals surface area contributed by atoms with Crippen molar-refractivity contribution in [1.29, 1.82) is 0 Å². The molecule has 4 rings (SSSR count). The Bertz CT molecular complexity index is 1210. The van der Waals surface area contributed by atoms with E-state index in [2.05, 4.69) is 25.3 Å². The van der Waals surface area contributed by atoms with E-state index in [4.69, 9.17) is 0 Å². The van der Waals surface area contributed by atoms with Crippen LogP contribution in [-0.4, -0.2) is 34.7 Å². The minimum absolute atomic E-state index is 0.0638. The molecule has 186 valence electrons. The van der Waals surface area contributed by atoms with Gasteiger partial charge < -0.3 is 4.90 Å². The predicted octanol–water partition coefficient (Wildman–Crippen LogP) is 6.01. The van der Waals surface area contributed by atoms with E-state index in [1.54, 1.807) is 37.4 Å². The monoisotopic (exact) mass is 499 g/mol. The third kappa shape index (κ3) is 5.88. The second kappa shape index (κ2) is 9.52. The summed E-state index contributed by atoms with van der Waals surface area (Å²) in [5.74, 6) is -1.74. The van der Waals surface area contributed by atoms with Crippen LogP contribution in [0.1, 0.15) is 23.4 Å². The number of benzene rings is 2. The first-order chi connectivity index (χ1) is 16.5. The lowest BCUT2D eigenvalue weighted by atomic mass is 10.0. The molecule has 1 N–H and O–H groups in total. The van der Waals surface area contributed by atoms with Gasteiger partial charge in [-0.15, -0.1) is 33.6 Å². The summed E-state index contributed by atoms with van der Waals surface area (Å²) in [5.41, 5.74) is 3.60. The summed E-state index contributed by atoms with van der Waals surface area (Å²) in [7, 11) is 1.79. The van der Waals surface area contributed by atoms with E-state index in [1.807, 2.05) is 10.4 Å². The molecule has 0 aliphatic carbocycles. The van der Waals surface area contributed by atoms with Gasteiger partial charge in [-0.25, -0.2) is 0 Å². The fourth-order valence-corrected chi connectivity index (χ4v) is 3.67. The largest absolute Gasteiger partial charge is 0.543 e. The first kappa shape index (κ1) is 24.4. The summed E-state index contributed by atoms with van der Waals surface area (Å²) >= 11 is 0. The average Bonchev–Trinajstić information content (AvgIpc) is 3.19. The highest BCUT2D eigenvalue weighted by Gasteiger charge is 2.38. The Morgan fingerprint density at radius 3 is 2.46 bits per heavy atom. The van der Waals surface area contributed by atoms with Crippen molar-refractivity contribution in [3.05, 3.63) is 59.4 Å². The molecule has 0 radical (unpaired) electrons. The molecule has 1 aliphatic rings. The van der Waals surface area contributed by atoms with Crippen LogP contribution in [0.3, 0.4) is 0 Å². The molecule has 1 aromatic heterocycles. The molecule has 0 spiro atoms. The molecule has 0 atom stereocenters. The van der Waals surface area contributed by atoms with Gasteiger partial charge in [-0.05, 0) is 36.1 Å². The van der Waals surface area contributed by atoms with Crippen molar-refractivity contribution >= 4 is 23.0 Å². The van der Waals surface area contributed by atoms with E-state index in [1.165, 1.54) is 12.1 Å². The number of rotatable bonds is 6. The summed E-state index contributed by atoms with van der Waals surface area (Å²) in [6.45, 7) is 0.463. The van der Waals surface area contributed by atoms with Crippen molar-refractivity contribution in [2.75, 3.05) is 24.0 Å². The van der Waals surface area contributed by atoms with Crippen LogP contribution in [0, 0.1) is 0 Å². The van der Waals surface area contributed by atoms with Crippen LogP contribution in [0.15, 0.2) is 52.7 Å². The summed E-state index contributed by atoms with van der Waals surface area (Å²) in [6, 6.07) is 11.2. The van der Waals surface area contributed by atoms with E-state index in [0.717, 1.165) is 16.6 Å².